The molecule has 0 aromatic heterocycles. The lowest BCUT2D eigenvalue weighted by Crippen LogP contribution is -2.33. The third-order valence-electron chi connectivity index (χ3n) is 2.18. The van der Waals surface area contributed by atoms with Gasteiger partial charge in [0.25, 0.3) is 0 Å². The minimum atomic E-state index is -4.67. The summed E-state index contributed by atoms with van der Waals surface area (Å²) in [6.07, 6.45) is 0. The summed E-state index contributed by atoms with van der Waals surface area (Å²) < 4.78 is 77.4. The van der Waals surface area contributed by atoms with Crippen LogP contribution < -0.4 is 10.0 Å². The van der Waals surface area contributed by atoms with Gasteiger partial charge in [-0.1, -0.05) is 6.92 Å². The van der Waals surface area contributed by atoms with E-state index in [0.717, 1.165) is 0 Å². The lowest BCUT2D eigenvalue weighted by molar-refractivity contribution is 0.418. The molecule has 4 nitrogen and oxygen atoms in total. The van der Waals surface area contributed by atoms with Crippen molar-refractivity contribution < 1.29 is 26.0 Å². The molecule has 0 aliphatic heterocycles. The Morgan fingerprint density at radius 2 is 1.55 bits per heavy atom. The Labute approximate surface area is 120 Å². The van der Waals surface area contributed by atoms with Crippen molar-refractivity contribution in [2.24, 2.45) is 0 Å². The third kappa shape index (κ3) is 4.30. The molecular formula is C10H13ClF4N2O2S. The fourth-order valence-electron chi connectivity index (χ4n) is 1.31. The molecule has 1 rings (SSSR count). The SMILES string of the molecule is CCNCCNS(=O)(=O)c1c(F)c(F)cc(F)c1F.Cl. The van der Waals surface area contributed by atoms with E-state index < -0.39 is 38.2 Å². The van der Waals surface area contributed by atoms with Gasteiger partial charge in [-0.2, -0.15) is 0 Å². The van der Waals surface area contributed by atoms with E-state index in [-0.39, 0.29) is 31.6 Å². The number of likely N-dealkylation sites (N-methyl/N-ethyl adjacent to an activating group) is 1. The van der Waals surface area contributed by atoms with E-state index in [2.05, 4.69) is 5.32 Å². The molecular weight excluding hydrogens is 324 g/mol. The van der Waals surface area contributed by atoms with Gasteiger partial charge in [0.2, 0.25) is 10.0 Å². The minimum Gasteiger partial charge on any atom is -0.316 e. The topological polar surface area (TPSA) is 58.2 Å². The second kappa shape index (κ2) is 7.77. The van der Waals surface area contributed by atoms with Crippen LogP contribution in [0.25, 0.3) is 0 Å². The zero-order valence-corrected chi connectivity index (χ0v) is 12.0. The van der Waals surface area contributed by atoms with Gasteiger partial charge >= 0.3 is 0 Å². The average molecular weight is 337 g/mol. The summed E-state index contributed by atoms with van der Waals surface area (Å²) in [6.45, 7) is 2.37. The van der Waals surface area contributed by atoms with E-state index in [1.807, 2.05) is 4.72 Å². The standard InChI is InChI=1S/C10H12F4N2O2S.ClH/c1-2-15-3-4-16-19(17,18)10-8(13)6(11)5-7(12)9(10)14;/h5,15-16H,2-4H2,1H3;1H. The zero-order valence-electron chi connectivity index (χ0n) is 10.3. The smallest absolute Gasteiger partial charge is 0.246 e. The highest BCUT2D eigenvalue weighted by atomic mass is 35.5. The number of rotatable bonds is 6. The second-order valence-electron chi connectivity index (χ2n) is 3.55. The minimum absolute atomic E-state index is 0. The first-order valence-electron chi connectivity index (χ1n) is 5.34. The first kappa shape index (κ1) is 19.1. The van der Waals surface area contributed by atoms with Crippen molar-refractivity contribution in [3.63, 3.8) is 0 Å². The van der Waals surface area contributed by atoms with Gasteiger partial charge in [0.15, 0.2) is 28.2 Å². The molecule has 0 saturated carbocycles. The van der Waals surface area contributed by atoms with Crippen molar-refractivity contribution >= 4 is 22.4 Å². The molecule has 0 bridgehead atoms. The fourth-order valence-corrected chi connectivity index (χ4v) is 2.49. The van der Waals surface area contributed by atoms with E-state index in [1.54, 1.807) is 6.92 Å². The van der Waals surface area contributed by atoms with Crippen LogP contribution in [0.15, 0.2) is 11.0 Å². The van der Waals surface area contributed by atoms with Gasteiger partial charge in [-0.05, 0) is 6.54 Å². The number of hydrogen-bond donors (Lipinski definition) is 2. The van der Waals surface area contributed by atoms with Gasteiger partial charge < -0.3 is 5.32 Å². The van der Waals surface area contributed by atoms with Crippen molar-refractivity contribution in [1.29, 1.82) is 0 Å². The van der Waals surface area contributed by atoms with Gasteiger partial charge in [0, 0.05) is 19.2 Å². The Kier molecular flexibility index (Phi) is 7.42. The van der Waals surface area contributed by atoms with Gasteiger partial charge in [0.05, 0.1) is 0 Å². The van der Waals surface area contributed by atoms with E-state index in [1.165, 1.54) is 0 Å². The first-order chi connectivity index (χ1) is 8.81. The number of benzene rings is 1. The van der Waals surface area contributed by atoms with Crippen molar-refractivity contribution in [2.45, 2.75) is 11.8 Å². The summed E-state index contributed by atoms with van der Waals surface area (Å²) in [4.78, 5) is -1.65. The molecule has 0 amide bonds. The summed E-state index contributed by atoms with van der Waals surface area (Å²) in [5.74, 6) is -7.44. The van der Waals surface area contributed by atoms with E-state index in [4.69, 9.17) is 0 Å². The maximum absolute atomic E-state index is 13.3. The van der Waals surface area contributed by atoms with Gasteiger partial charge in [-0.3, -0.25) is 0 Å². The van der Waals surface area contributed by atoms with Crippen LogP contribution in [0.4, 0.5) is 17.6 Å². The van der Waals surface area contributed by atoms with Crippen molar-refractivity contribution in [1.82, 2.24) is 10.0 Å². The molecule has 0 aliphatic rings. The Morgan fingerprint density at radius 3 is 2.00 bits per heavy atom. The highest BCUT2D eigenvalue weighted by Crippen LogP contribution is 2.23. The summed E-state index contributed by atoms with van der Waals surface area (Å²) in [7, 11) is -4.67. The molecule has 1 aromatic rings. The second-order valence-corrected chi connectivity index (χ2v) is 5.25. The normalized spacial score (nSPS) is 11.2. The molecule has 20 heavy (non-hydrogen) atoms. The molecule has 0 spiro atoms. The Hall–Kier alpha value is -0.900. The zero-order chi connectivity index (χ0) is 14.6. The van der Waals surface area contributed by atoms with Crippen LogP contribution in [-0.4, -0.2) is 28.1 Å². The number of sulfonamides is 1. The monoisotopic (exact) mass is 336 g/mol. The predicted molar refractivity (Wildman–Crippen MR) is 67.3 cm³/mol. The molecule has 0 aliphatic carbocycles. The highest BCUT2D eigenvalue weighted by molar-refractivity contribution is 7.89. The molecule has 0 unspecified atom stereocenters. The van der Waals surface area contributed by atoms with Crippen molar-refractivity contribution in [2.75, 3.05) is 19.6 Å². The van der Waals surface area contributed by atoms with Crippen LogP contribution in [0.2, 0.25) is 0 Å². The summed E-state index contributed by atoms with van der Waals surface area (Å²) >= 11 is 0. The molecule has 0 heterocycles. The number of halogens is 5. The number of hydrogen-bond acceptors (Lipinski definition) is 3. The summed E-state index contributed by atoms with van der Waals surface area (Å²) in [6, 6.07) is -0.0532. The number of nitrogens with one attached hydrogen (secondary N) is 2. The van der Waals surface area contributed by atoms with Crippen LogP contribution in [0, 0.1) is 23.3 Å². The van der Waals surface area contributed by atoms with Crippen LogP contribution >= 0.6 is 12.4 Å². The third-order valence-corrected chi connectivity index (χ3v) is 3.66. The molecule has 0 saturated heterocycles. The van der Waals surface area contributed by atoms with Gasteiger partial charge in [-0.15, -0.1) is 12.4 Å². The van der Waals surface area contributed by atoms with Gasteiger partial charge in [0.1, 0.15) is 0 Å². The average Bonchev–Trinajstić information content (AvgIpc) is 2.32. The summed E-state index contributed by atoms with van der Waals surface area (Å²) in [5.41, 5.74) is 0. The van der Waals surface area contributed by atoms with E-state index >= 15 is 0 Å². The van der Waals surface area contributed by atoms with Crippen LogP contribution in [0.1, 0.15) is 6.92 Å². The van der Waals surface area contributed by atoms with E-state index in [9.17, 15) is 26.0 Å². The molecule has 1 aromatic carbocycles. The van der Waals surface area contributed by atoms with Gasteiger partial charge in [-0.25, -0.2) is 30.7 Å². The van der Waals surface area contributed by atoms with Crippen LogP contribution in [0.5, 0.6) is 0 Å². The maximum Gasteiger partial charge on any atom is 0.246 e. The molecule has 2 N–H and O–H groups in total. The van der Waals surface area contributed by atoms with E-state index in [0.29, 0.717) is 6.54 Å². The highest BCUT2D eigenvalue weighted by Gasteiger charge is 2.29. The lowest BCUT2D eigenvalue weighted by Gasteiger charge is -2.09. The quantitative estimate of drug-likeness (QED) is 0.471. The largest absolute Gasteiger partial charge is 0.316 e. The Bertz CT molecular complexity index is 543. The molecule has 0 fully saturated rings. The molecule has 0 atom stereocenters. The first-order valence-corrected chi connectivity index (χ1v) is 6.83. The van der Waals surface area contributed by atoms with Crippen LogP contribution in [0.3, 0.4) is 0 Å². The molecule has 10 heteroatoms. The lowest BCUT2D eigenvalue weighted by atomic mass is 10.3. The molecule has 0 radical (unpaired) electrons. The van der Waals surface area contributed by atoms with Crippen molar-refractivity contribution in [3.05, 3.63) is 29.3 Å². The summed E-state index contributed by atoms with van der Waals surface area (Å²) in [5, 5.41) is 2.76. The predicted octanol–water partition coefficient (Wildman–Crippen LogP) is 1.55. The maximum atomic E-state index is 13.3. The fraction of sp³-hybridized carbons (Fsp3) is 0.400. The Balaban J connectivity index is 0.00000361. The molecule has 116 valence electrons. The van der Waals surface area contributed by atoms with Crippen LogP contribution in [-0.2, 0) is 10.0 Å². The van der Waals surface area contributed by atoms with Crippen molar-refractivity contribution in [3.8, 4) is 0 Å². The Morgan fingerprint density at radius 1 is 1.05 bits per heavy atom.